The van der Waals surface area contributed by atoms with Crippen molar-refractivity contribution in [3.63, 3.8) is 0 Å². The Balaban J connectivity index is 1.71. The minimum Gasteiger partial charge on any atom is -0.507 e. The number of aliphatic hydroxyl groups excluding tert-OH is 1. The number of aliphatic hydroxyl groups is 1. The summed E-state index contributed by atoms with van der Waals surface area (Å²) in [6, 6.07) is 10.2. The molecular formula is C23H25N3O4. The third-order valence-electron chi connectivity index (χ3n) is 5.63. The number of carbonyl (C=O) groups excluding carboxylic acids is 2. The SMILES string of the molecule is Cc1ccc(/C(O)=C2\C(=O)C(=O)N(CCN3CCOCC3)C2c2cccnc2)cc1. The van der Waals surface area contributed by atoms with E-state index in [9.17, 15) is 14.7 Å². The molecule has 2 aromatic rings. The van der Waals surface area contributed by atoms with Crippen molar-refractivity contribution >= 4 is 17.4 Å². The number of hydrogen-bond donors (Lipinski definition) is 1. The van der Waals surface area contributed by atoms with E-state index in [0.29, 0.717) is 37.4 Å². The lowest BCUT2D eigenvalue weighted by atomic mass is 9.96. The van der Waals surface area contributed by atoms with Gasteiger partial charge in [0.05, 0.1) is 24.8 Å². The van der Waals surface area contributed by atoms with Gasteiger partial charge < -0.3 is 14.7 Å². The van der Waals surface area contributed by atoms with Gasteiger partial charge in [0, 0.05) is 44.1 Å². The van der Waals surface area contributed by atoms with Gasteiger partial charge in [-0.3, -0.25) is 19.5 Å². The Labute approximate surface area is 175 Å². The molecule has 7 nitrogen and oxygen atoms in total. The van der Waals surface area contributed by atoms with Crippen molar-refractivity contribution in [3.8, 4) is 0 Å². The fourth-order valence-corrected chi connectivity index (χ4v) is 3.94. The van der Waals surface area contributed by atoms with Gasteiger partial charge in [-0.15, -0.1) is 0 Å². The molecular weight excluding hydrogens is 382 g/mol. The van der Waals surface area contributed by atoms with E-state index in [1.54, 1.807) is 35.5 Å². The molecule has 1 aromatic heterocycles. The van der Waals surface area contributed by atoms with Crippen LogP contribution in [0.25, 0.3) is 5.76 Å². The maximum Gasteiger partial charge on any atom is 0.295 e. The predicted molar refractivity (Wildman–Crippen MR) is 112 cm³/mol. The molecule has 30 heavy (non-hydrogen) atoms. The van der Waals surface area contributed by atoms with Crippen LogP contribution in [0.3, 0.4) is 0 Å². The van der Waals surface area contributed by atoms with Crippen LogP contribution in [0.4, 0.5) is 0 Å². The highest BCUT2D eigenvalue weighted by molar-refractivity contribution is 6.46. The first-order valence-corrected chi connectivity index (χ1v) is 10.1. The molecule has 2 fully saturated rings. The molecule has 0 spiro atoms. The number of aromatic nitrogens is 1. The number of pyridine rings is 1. The number of benzene rings is 1. The predicted octanol–water partition coefficient (Wildman–Crippen LogP) is 2.14. The van der Waals surface area contributed by atoms with Crippen molar-refractivity contribution in [3.05, 3.63) is 71.1 Å². The summed E-state index contributed by atoms with van der Waals surface area (Å²) in [5, 5.41) is 11.0. The number of Topliss-reactive ketones (excluding diaryl/α,β-unsaturated/α-hetero) is 1. The van der Waals surface area contributed by atoms with Crippen molar-refractivity contribution in [2.24, 2.45) is 0 Å². The number of ketones is 1. The lowest BCUT2D eigenvalue weighted by molar-refractivity contribution is -0.140. The van der Waals surface area contributed by atoms with Gasteiger partial charge >= 0.3 is 0 Å². The molecule has 2 aliphatic heterocycles. The van der Waals surface area contributed by atoms with Crippen LogP contribution in [0.2, 0.25) is 0 Å². The number of amides is 1. The van der Waals surface area contributed by atoms with E-state index >= 15 is 0 Å². The summed E-state index contributed by atoms with van der Waals surface area (Å²) < 4.78 is 5.38. The Hall–Kier alpha value is -3.03. The molecule has 1 N–H and O–H groups in total. The molecule has 156 valence electrons. The first-order chi connectivity index (χ1) is 14.6. The van der Waals surface area contributed by atoms with E-state index in [1.807, 2.05) is 25.1 Å². The van der Waals surface area contributed by atoms with Gasteiger partial charge in [-0.05, 0) is 18.6 Å². The minimum absolute atomic E-state index is 0.110. The quantitative estimate of drug-likeness (QED) is 0.465. The zero-order valence-corrected chi connectivity index (χ0v) is 17.0. The largest absolute Gasteiger partial charge is 0.507 e. The van der Waals surface area contributed by atoms with Crippen LogP contribution in [-0.4, -0.2) is 71.0 Å². The minimum atomic E-state index is -0.666. The van der Waals surface area contributed by atoms with Crippen molar-refractivity contribution in [2.75, 3.05) is 39.4 Å². The summed E-state index contributed by atoms with van der Waals surface area (Å²) in [7, 11) is 0. The van der Waals surface area contributed by atoms with Crippen LogP contribution in [0.15, 0.2) is 54.4 Å². The Morgan fingerprint density at radius 3 is 2.53 bits per heavy atom. The van der Waals surface area contributed by atoms with Gasteiger partial charge in [-0.25, -0.2) is 0 Å². The molecule has 0 aliphatic carbocycles. The van der Waals surface area contributed by atoms with Gasteiger partial charge in [0.2, 0.25) is 0 Å². The average molecular weight is 407 g/mol. The van der Waals surface area contributed by atoms with Crippen LogP contribution in [-0.2, 0) is 14.3 Å². The summed E-state index contributed by atoms with van der Waals surface area (Å²) in [5.41, 5.74) is 2.37. The highest BCUT2D eigenvalue weighted by atomic mass is 16.5. The van der Waals surface area contributed by atoms with E-state index in [2.05, 4.69) is 9.88 Å². The normalized spacial score (nSPS) is 21.9. The first-order valence-electron chi connectivity index (χ1n) is 10.1. The zero-order chi connectivity index (χ0) is 21.1. The van der Waals surface area contributed by atoms with E-state index in [4.69, 9.17) is 4.74 Å². The number of hydrogen-bond acceptors (Lipinski definition) is 6. The van der Waals surface area contributed by atoms with E-state index in [-0.39, 0.29) is 11.3 Å². The molecule has 2 aliphatic rings. The van der Waals surface area contributed by atoms with Crippen molar-refractivity contribution < 1.29 is 19.4 Å². The third-order valence-corrected chi connectivity index (χ3v) is 5.63. The fourth-order valence-electron chi connectivity index (χ4n) is 3.94. The molecule has 0 saturated carbocycles. The average Bonchev–Trinajstić information content (AvgIpc) is 3.04. The lowest BCUT2D eigenvalue weighted by Crippen LogP contribution is -2.42. The Morgan fingerprint density at radius 1 is 1.13 bits per heavy atom. The summed E-state index contributed by atoms with van der Waals surface area (Å²) in [5.74, 6) is -1.41. The standard InChI is InChI=1S/C23H25N3O4/c1-16-4-6-17(7-5-16)21(27)19-20(18-3-2-8-24-15-18)26(23(29)22(19)28)10-9-25-11-13-30-14-12-25/h2-8,15,20,27H,9-14H2,1H3/b21-19+. The number of rotatable bonds is 5. The van der Waals surface area contributed by atoms with Crippen LogP contribution in [0.5, 0.6) is 0 Å². The highest BCUT2D eigenvalue weighted by Crippen LogP contribution is 2.38. The van der Waals surface area contributed by atoms with Gasteiger partial charge in [0.15, 0.2) is 0 Å². The van der Waals surface area contributed by atoms with Crippen molar-refractivity contribution in [1.82, 2.24) is 14.8 Å². The molecule has 0 radical (unpaired) electrons. The molecule has 0 bridgehead atoms. The van der Waals surface area contributed by atoms with Crippen LogP contribution in [0, 0.1) is 6.92 Å². The van der Waals surface area contributed by atoms with Crippen molar-refractivity contribution in [1.29, 1.82) is 0 Å². The zero-order valence-electron chi connectivity index (χ0n) is 17.0. The number of nitrogens with zero attached hydrogens (tertiary/aromatic N) is 3. The second kappa shape index (κ2) is 8.77. The van der Waals surface area contributed by atoms with E-state index in [1.165, 1.54) is 0 Å². The Bertz CT molecular complexity index is 950. The Morgan fingerprint density at radius 2 is 1.87 bits per heavy atom. The van der Waals surface area contributed by atoms with Crippen LogP contribution < -0.4 is 0 Å². The second-order valence-corrected chi connectivity index (χ2v) is 7.60. The molecule has 1 unspecified atom stereocenters. The number of likely N-dealkylation sites (tertiary alicyclic amines) is 1. The number of aryl methyl sites for hydroxylation is 1. The second-order valence-electron chi connectivity index (χ2n) is 7.60. The van der Waals surface area contributed by atoms with Gasteiger partial charge in [0.25, 0.3) is 11.7 Å². The lowest BCUT2D eigenvalue weighted by Gasteiger charge is -2.30. The summed E-state index contributed by atoms with van der Waals surface area (Å²) in [4.78, 5) is 33.8. The molecule has 7 heteroatoms. The maximum atomic E-state index is 13.0. The summed E-state index contributed by atoms with van der Waals surface area (Å²) in [6.45, 7) is 5.89. The van der Waals surface area contributed by atoms with Gasteiger partial charge in [-0.2, -0.15) is 0 Å². The number of carbonyl (C=O) groups is 2. The molecule has 1 aromatic carbocycles. The highest BCUT2D eigenvalue weighted by Gasteiger charge is 2.46. The summed E-state index contributed by atoms with van der Waals surface area (Å²) in [6.07, 6.45) is 3.28. The smallest absolute Gasteiger partial charge is 0.295 e. The molecule has 2 saturated heterocycles. The number of ether oxygens (including phenoxy) is 1. The third kappa shape index (κ3) is 3.99. The molecule has 1 amide bonds. The van der Waals surface area contributed by atoms with E-state index < -0.39 is 17.7 Å². The van der Waals surface area contributed by atoms with Crippen molar-refractivity contribution in [2.45, 2.75) is 13.0 Å². The van der Waals surface area contributed by atoms with E-state index in [0.717, 1.165) is 18.7 Å². The molecule has 4 rings (SSSR count). The van der Waals surface area contributed by atoms with Gasteiger partial charge in [-0.1, -0.05) is 35.9 Å². The fraction of sp³-hybridized carbons (Fsp3) is 0.348. The monoisotopic (exact) mass is 407 g/mol. The van der Waals surface area contributed by atoms with Crippen LogP contribution >= 0.6 is 0 Å². The summed E-state index contributed by atoms with van der Waals surface area (Å²) >= 11 is 0. The first kappa shape index (κ1) is 20.3. The molecule has 1 atom stereocenters. The number of morpholine rings is 1. The van der Waals surface area contributed by atoms with Gasteiger partial charge in [0.1, 0.15) is 5.76 Å². The Kier molecular flexibility index (Phi) is 5.92. The topological polar surface area (TPSA) is 83.0 Å². The maximum absolute atomic E-state index is 13.0. The molecule has 3 heterocycles. The van der Waals surface area contributed by atoms with Crippen LogP contribution in [0.1, 0.15) is 22.7 Å².